The van der Waals surface area contributed by atoms with Crippen molar-refractivity contribution in [2.24, 2.45) is 0 Å². The van der Waals surface area contributed by atoms with Gasteiger partial charge in [-0.25, -0.2) is 9.69 Å². The van der Waals surface area contributed by atoms with Gasteiger partial charge in [-0.2, -0.15) is 0 Å². The zero-order chi connectivity index (χ0) is 25.4. The Balaban J connectivity index is 1.34. The van der Waals surface area contributed by atoms with E-state index in [1.165, 1.54) is 0 Å². The van der Waals surface area contributed by atoms with Crippen LogP contribution in [0.1, 0.15) is 21.5 Å². The first-order chi connectivity index (χ1) is 17.3. The number of fused-ring (bicyclic) bond motifs is 1. The van der Waals surface area contributed by atoms with Crippen LogP contribution in [0.25, 0.3) is 10.8 Å². The van der Waals surface area contributed by atoms with Crippen molar-refractivity contribution in [3.8, 4) is 5.75 Å². The first-order valence-electron chi connectivity index (χ1n) is 11.3. The number of imide groups is 1. The number of carbonyl (C=O) groups excluding carboxylic acids is 3. The van der Waals surface area contributed by atoms with Crippen molar-refractivity contribution in [1.29, 1.82) is 0 Å². The number of amides is 2. The van der Waals surface area contributed by atoms with Gasteiger partial charge in [-0.15, -0.1) is 0 Å². The fourth-order valence-electron chi connectivity index (χ4n) is 4.14. The van der Waals surface area contributed by atoms with Crippen molar-refractivity contribution < 1.29 is 19.1 Å². The molecule has 1 aliphatic rings. The number of carbonyl (C=O) groups is 3. The van der Waals surface area contributed by atoms with Gasteiger partial charge < -0.3 is 10.1 Å². The minimum Gasteiger partial charge on any atom is -0.423 e. The lowest BCUT2D eigenvalue weighted by Gasteiger charge is -2.17. The number of ether oxygens (including phenoxy) is 1. The lowest BCUT2D eigenvalue weighted by atomic mass is 10.1. The Morgan fingerprint density at radius 2 is 1.58 bits per heavy atom. The third-order valence-corrected chi connectivity index (χ3v) is 6.31. The van der Waals surface area contributed by atoms with Crippen LogP contribution in [-0.4, -0.2) is 17.8 Å². The maximum absolute atomic E-state index is 13.2. The summed E-state index contributed by atoms with van der Waals surface area (Å²) in [6.45, 7) is 3.84. The normalized spacial score (nSPS) is 13.5. The van der Waals surface area contributed by atoms with Gasteiger partial charge in [0.25, 0.3) is 11.8 Å². The number of hydrogen-bond donors (Lipinski definition) is 1. The SMILES string of the molecule is Cc1ccc(OC(=O)c2ccc(NC3=C(Cl)C(=O)N(c4cccc5ccccc45)C3=O)cc2)c(C)c1. The molecule has 4 aromatic carbocycles. The van der Waals surface area contributed by atoms with Crippen LogP contribution in [-0.2, 0) is 9.59 Å². The van der Waals surface area contributed by atoms with Gasteiger partial charge in [-0.1, -0.05) is 65.7 Å². The molecule has 0 saturated carbocycles. The van der Waals surface area contributed by atoms with Gasteiger partial charge in [0.15, 0.2) is 0 Å². The number of nitrogens with zero attached hydrogens (tertiary/aromatic N) is 1. The second-order valence-electron chi connectivity index (χ2n) is 8.49. The minimum absolute atomic E-state index is 0.0276. The average Bonchev–Trinajstić information content (AvgIpc) is 3.08. The molecule has 0 unspecified atom stereocenters. The summed E-state index contributed by atoms with van der Waals surface area (Å²) >= 11 is 6.30. The average molecular weight is 497 g/mol. The van der Waals surface area contributed by atoms with Crippen LogP contribution in [0.3, 0.4) is 0 Å². The van der Waals surface area contributed by atoms with E-state index in [0.29, 0.717) is 22.7 Å². The highest BCUT2D eigenvalue weighted by Gasteiger charge is 2.39. The molecule has 178 valence electrons. The van der Waals surface area contributed by atoms with Gasteiger partial charge in [0.2, 0.25) is 0 Å². The first kappa shape index (κ1) is 23.3. The summed E-state index contributed by atoms with van der Waals surface area (Å²) in [5.74, 6) is -1.16. The first-order valence-corrected chi connectivity index (χ1v) is 11.6. The fourth-order valence-corrected chi connectivity index (χ4v) is 4.35. The molecular weight excluding hydrogens is 476 g/mol. The van der Waals surface area contributed by atoms with Gasteiger partial charge in [0, 0.05) is 11.1 Å². The van der Waals surface area contributed by atoms with E-state index in [2.05, 4.69) is 5.32 Å². The molecule has 1 heterocycles. The van der Waals surface area contributed by atoms with Crippen molar-refractivity contribution in [2.75, 3.05) is 10.2 Å². The molecule has 5 rings (SSSR count). The monoisotopic (exact) mass is 496 g/mol. The molecule has 0 spiro atoms. The van der Waals surface area contributed by atoms with E-state index in [1.54, 1.807) is 42.5 Å². The summed E-state index contributed by atoms with van der Waals surface area (Å²) in [6, 6.07) is 24.9. The largest absolute Gasteiger partial charge is 0.423 e. The summed E-state index contributed by atoms with van der Waals surface area (Å²) < 4.78 is 5.51. The highest BCUT2D eigenvalue weighted by Crippen LogP contribution is 2.34. The second-order valence-corrected chi connectivity index (χ2v) is 8.87. The third kappa shape index (κ3) is 4.23. The number of aryl methyl sites for hydroxylation is 2. The molecule has 4 aromatic rings. The minimum atomic E-state index is -0.603. The third-order valence-electron chi connectivity index (χ3n) is 5.96. The number of rotatable bonds is 5. The summed E-state index contributed by atoms with van der Waals surface area (Å²) in [7, 11) is 0. The van der Waals surface area contributed by atoms with Crippen molar-refractivity contribution in [3.63, 3.8) is 0 Å². The fraction of sp³-hybridized carbons (Fsp3) is 0.0690. The summed E-state index contributed by atoms with van der Waals surface area (Å²) in [5, 5.41) is 4.39. The molecule has 2 amide bonds. The van der Waals surface area contributed by atoms with Crippen molar-refractivity contribution in [2.45, 2.75) is 13.8 Å². The maximum Gasteiger partial charge on any atom is 0.343 e. The summed E-state index contributed by atoms with van der Waals surface area (Å²) in [4.78, 5) is 39.8. The Morgan fingerprint density at radius 1 is 0.861 bits per heavy atom. The Morgan fingerprint density at radius 3 is 2.33 bits per heavy atom. The Bertz CT molecular complexity index is 1570. The molecule has 0 saturated heterocycles. The van der Waals surface area contributed by atoms with Crippen LogP contribution in [0.2, 0.25) is 0 Å². The molecule has 0 fully saturated rings. The quantitative estimate of drug-likeness (QED) is 0.205. The van der Waals surface area contributed by atoms with E-state index < -0.39 is 17.8 Å². The van der Waals surface area contributed by atoms with Crippen LogP contribution in [0, 0.1) is 13.8 Å². The molecule has 0 bridgehead atoms. The summed E-state index contributed by atoms with van der Waals surface area (Å²) in [6.07, 6.45) is 0. The Hall–Kier alpha value is -4.42. The zero-order valence-corrected chi connectivity index (χ0v) is 20.3. The topological polar surface area (TPSA) is 75.7 Å². The highest BCUT2D eigenvalue weighted by atomic mass is 35.5. The molecule has 6 nitrogen and oxygen atoms in total. The number of hydrogen-bond acceptors (Lipinski definition) is 5. The van der Waals surface area contributed by atoms with Crippen LogP contribution in [0.4, 0.5) is 11.4 Å². The molecule has 0 radical (unpaired) electrons. The molecule has 7 heteroatoms. The zero-order valence-electron chi connectivity index (χ0n) is 19.5. The van der Waals surface area contributed by atoms with Crippen LogP contribution >= 0.6 is 11.6 Å². The molecular formula is C29H21ClN2O4. The van der Waals surface area contributed by atoms with E-state index in [1.807, 2.05) is 56.3 Å². The Kier molecular flexibility index (Phi) is 6.04. The standard InChI is InChI=1S/C29H21ClN2O4/c1-17-10-15-24(18(2)16-17)36-29(35)20-11-13-21(14-12-20)31-26-25(30)27(33)32(28(26)34)23-9-5-7-19-6-3-4-8-22(19)23/h3-16,31H,1-2H3. The highest BCUT2D eigenvalue weighted by molar-refractivity contribution is 6.53. The van der Waals surface area contributed by atoms with E-state index in [4.69, 9.17) is 16.3 Å². The Labute approximate surface area is 212 Å². The van der Waals surface area contributed by atoms with Gasteiger partial charge in [0.1, 0.15) is 16.5 Å². The van der Waals surface area contributed by atoms with Crippen LogP contribution < -0.4 is 15.0 Å². The van der Waals surface area contributed by atoms with Gasteiger partial charge in [-0.3, -0.25) is 9.59 Å². The van der Waals surface area contributed by atoms with E-state index in [0.717, 1.165) is 26.8 Å². The number of benzene rings is 4. The molecule has 36 heavy (non-hydrogen) atoms. The predicted octanol–water partition coefficient (Wildman–Crippen LogP) is 6.11. The number of esters is 1. The summed E-state index contributed by atoms with van der Waals surface area (Å²) in [5.41, 5.74) is 3.21. The van der Waals surface area contributed by atoms with E-state index >= 15 is 0 Å². The molecule has 0 aromatic heterocycles. The second kappa shape index (κ2) is 9.32. The van der Waals surface area contributed by atoms with Crippen LogP contribution in [0.15, 0.2) is 95.7 Å². The van der Waals surface area contributed by atoms with Crippen molar-refractivity contribution in [1.82, 2.24) is 0 Å². The molecule has 0 aliphatic carbocycles. The molecule has 1 aliphatic heterocycles. The van der Waals surface area contributed by atoms with Crippen molar-refractivity contribution in [3.05, 3.63) is 112 Å². The lowest BCUT2D eigenvalue weighted by Crippen LogP contribution is -2.32. The van der Waals surface area contributed by atoms with Crippen LogP contribution in [0.5, 0.6) is 5.75 Å². The van der Waals surface area contributed by atoms with Gasteiger partial charge in [-0.05, 0) is 61.2 Å². The predicted molar refractivity (Wildman–Crippen MR) is 140 cm³/mol. The lowest BCUT2D eigenvalue weighted by molar-refractivity contribution is -0.120. The smallest absolute Gasteiger partial charge is 0.343 e. The van der Waals surface area contributed by atoms with E-state index in [-0.39, 0.29) is 10.7 Å². The number of anilines is 2. The molecule has 1 N–H and O–H groups in total. The molecule has 0 atom stereocenters. The van der Waals surface area contributed by atoms with E-state index in [9.17, 15) is 14.4 Å². The maximum atomic E-state index is 13.2. The number of nitrogens with one attached hydrogen (secondary N) is 1. The number of halogens is 1. The van der Waals surface area contributed by atoms with Gasteiger partial charge >= 0.3 is 5.97 Å². The van der Waals surface area contributed by atoms with Gasteiger partial charge in [0.05, 0.1) is 11.3 Å². The van der Waals surface area contributed by atoms with Crippen molar-refractivity contribution >= 4 is 51.5 Å².